The zero-order valence-electron chi connectivity index (χ0n) is 17.1. The topological polar surface area (TPSA) is 147 Å². The minimum absolute atomic E-state index is 0.0195. The second-order valence-electron chi connectivity index (χ2n) is 7.31. The Morgan fingerprint density at radius 2 is 2.10 bits per heavy atom. The van der Waals surface area contributed by atoms with Crippen LogP contribution in [0.4, 0.5) is 0 Å². The van der Waals surface area contributed by atoms with Crippen LogP contribution in [0.25, 0.3) is 0 Å². The van der Waals surface area contributed by atoms with Crippen LogP contribution in [0.5, 0.6) is 0 Å². The fourth-order valence-electron chi connectivity index (χ4n) is 3.98. The first-order valence-electron chi connectivity index (χ1n) is 10.3. The number of amides is 2. The first-order chi connectivity index (χ1) is 14.6. The normalized spacial score (nSPS) is 23.0. The summed E-state index contributed by atoms with van der Waals surface area (Å²) in [7, 11) is 0. The average Bonchev–Trinajstić information content (AvgIpc) is 3.27. The lowest BCUT2D eigenvalue weighted by molar-refractivity contribution is -0.154. The maximum atomic E-state index is 12.8. The van der Waals surface area contributed by atoms with Gasteiger partial charge in [-0.15, -0.1) is 0 Å². The summed E-state index contributed by atoms with van der Waals surface area (Å²) >= 11 is 0. The molecule has 0 unspecified atom stereocenters. The Hall–Kier alpha value is -2.53. The van der Waals surface area contributed by atoms with Crippen LogP contribution in [-0.2, 0) is 25.7 Å². The molecule has 2 aliphatic rings. The van der Waals surface area contributed by atoms with Gasteiger partial charge in [0.25, 0.3) is 6.47 Å². The molecule has 2 heterocycles. The van der Waals surface area contributed by atoms with E-state index >= 15 is 0 Å². The molecule has 1 saturated carbocycles. The maximum absolute atomic E-state index is 12.8. The van der Waals surface area contributed by atoms with Gasteiger partial charge in [-0.25, -0.2) is 4.98 Å². The van der Waals surface area contributed by atoms with Gasteiger partial charge in [-0.1, -0.05) is 0 Å². The van der Waals surface area contributed by atoms with Crippen molar-refractivity contribution in [2.75, 3.05) is 26.3 Å². The van der Waals surface area contributed by atoms with Gasteiger partial charge in [-0.3, -0.25) is 19.1 Å². The standard InChI is InChI=1S/C18H29N5O4.CH2O2/c24-9-2-6-20-18(26)14-4-5-16-15(11-14)23(8-10-27-16)17(25)3-1-7-22-13-19-12-21-22;2-1-3/h12-16,24H,1-11H2,(H,20,26);1H,(H,2,3)/t14-,15+,16+;/m0./s1. The maximum Gasteiger partial charge on any atom is 0.290 e. The Morgan fingerprint density at radius 1 is 1.30 bits per heavy atom. The molecule has 0 bridgehead atoms. The minimum Gasteiger partial charge on any atom is -0.483 e. The van der Waals surface area contributed by atoms with Crippen LogP contribution in [0.2, 0.25) is 0 Å². The summed E-state index contributed by atoms with van der Waals surface area (Å²) in [4.78, 5) is 39.3. The van der Waals surface area contributed by atoms with Crippen molar-refractivity contribution in [3.05, 3.63) is 12.7 Å². The van der Waals surface area contributed by atoms with Gasteiger partial charge >= 0.3 is 0 Å². The van der Waals surface area contributed by atoms with Crippen molar-refractivity contribution >= 4 is 18.3 Å². The first kappa shape index (κ1) is 23.7. The number of carbonyl (C=O) groups excluding carboxylic acids is 2. The van der Waals surface area contributed by atoms with Gasteiger partial charge < -0.3 is 25.2 Å². The number of carboxylic acid groups (broad SMARTS) is 1. The Kier molecular flexibility index (Phi) is 10.2. The van der Waals surface area contributed by atoms with Gasteiger partial charge in [-0.2, -0.15) is 5.10 Å². The molecule has 0 radical (unpaired) electrons. The van der Waals surface area contributed by atoms with Crippen LogP contribution in [0.3, 0.4) is 0 Å². The number of aryl methyl sites for hydroxylation is 1. The zero-order chi connectivity index (χ0) is 21.8. The number of ether oxygens (including phenoxy) is 1. The summed E-state index contributed by atoms with van der Waals surface area (Å²) in [5.74, 6) is 0.0397. The van der Waals surface area contributed by atoms with Crippen LogP contribution in [0.1, 0.15) is 38.5 Å². The highest BCUT2D eigenvalue weighted by Crippen LogP contribution is 2.33. The van der Waals surface area contributed by atoms with Crippen molar-refractivity contribution in [2.45, 2.75) is 57.2 Å². The zero-order valence-corrected chi connectivity index (χ0v) is 17.1. The molecule has 0 aromatic carbocycles. The van der Waals surface area contributed by atoms with E-state index in [4.69, 9.17) is 19.7 Å². The average molecular weight is 425 g/mol. The molecule has 11 nitrogen and oxygen atoms in total. The SMILES string of the molecule is O=C(NCCCO)[C@H]1CC[C@H]2OCCN(C(=O)CCCn3cncn3)[C@@H]2C1.O=CO. The van der Waals surface area contributed by atoms with Gasteiger partial charge in [-0.05, 0) is 32.1 Å². The molecule has 3 rings (SSSR count). The number of fused-ring (bicyclic) bond motifs is 1. The Labute approximate surface area is 175 Å². The molecule has 3 atom stereocenters. The lowest BCUT2D eigenvalue weighted by atomic mass is 9.81. The van der Waals surface area contributed by atoms with Crippen molar-refractivity contribution in [2.24, 2.45) is 5.92 Å². The number of aliphatic hydroxyl groups excluding tert-OH is 1. The van der Waals surface area contributed by atoms with Crippen molar-refractivity contribution in [3.8, 4) is 0 Å². The Morgan fingerprint density at radius 3 is 2.80 bits per heavy atom. The monoisotopic (exact) mass is 425 g/mol. The highest BCUT2D eigenvalue weighted by molar-refractivity contribution is 5.79. The fraction of sp³-hybridized carbons (Fsp3) is 0.737. The molecule has 2 fully saturated rings. The van der Waals surface area contributed by atoms with E-state index in [0.29, 0.717) is 51.9 Å². The van der Waals surface area contributed by atoms with E-state index < -0.39 is 0 Å². The second kappa shape index (κ2) is 12.9. The lowest BCUT2D eigenvalue weighted by Crippen LogP contribution is -2.57. The van der Waals surface area contributed by atoms with Gasteiger partial charge in [0.1, 0.15) is 12.7 Å². The molecule has 1 aromatic rings. The van der Waals surface area contributed by atoms with Gasteiger partial charge in [0.15, 0.2) is 0 Å². The summed E-state index contributed by atoms with van der Waals surface area (Å²) in [5, 5.41) is 22.7. The summed E-state index contributed by atoms with van der Waals surface area (Å²) < 4.78 is 7.60. The molecule has 168 valence electrons. The van der Waals surface area contributed by atoms with Crippen LogP contribution in [0, 0.1) is 5.92 Å². The number of nitrogens with one attached hydrogen (secondary N) is 1. The summed E-state index contributed by atoms with van der Waals surface area (Å²) in [6.07, 6.45) is 7.11. The highest BCUT2D eigenvalue weighted by Gasteiger charge is 2.41. The van der Waals surface area contributed by atoms with Crippen LogP contribution in [0.15, 0.2) is 12.7 Å². The van der Waals surface area contributed by atoms with Gasteiger partial charge in [0, 0.05) is 38.6 Å². The molecule has 30 heavy (non-hydrogen) atoms. The fourth-order valence-corrected chi connectivity index (χ4v) is 3.98. The van der Waals surface area contributed by atoms with Crippen LogP contribution < -0.4 is 5.32 Å². The van der Waals surface area contributed by atoms with Crippen molar-refractivity contribution in [1.29, 1.82) is 0 Å². The van der Waals surface area contributed by atoms with Crippen molar-refractivity contribution in [3.63, 3.8) is 0 Å². The van der Waals surface area contributed by atoms with Crippen molar-refractivity contribution in [1.82, 2.24) is 25.0 Å². The molecule has 1 aliphatic carbocycles. The number of aliphatic hydroxyl groups is 1. The molecule has 1 aromatic heterocycles. The third kappa shape index (κ3) is 7.06. The first-order valence-corrected chi connectivity index (χ1v) is 10.3. The molecular weight excluding hydrogens is 394 g/mol. The van der Waals surface area contributed by atoms with E-state index in [1.165, 1.54) is 6.33 Å². The summed E-state index contributed by atoms with van der Waals surface area (Å²) in [6.45, 7) is 2.12. The molecular formula is C19H31N5O6. The number of hydrogen-bond acceptors (Lipinski definition) is 7. The minimum atomic E-state index is -0.250. The highest BCUT2D eigenvalue weighted by atomic mass is 16.5. The number of morpholine rings is 1. The molecule has 1 saturated heterocycles. The Balaban J connectivity index is 0.00000101. The van der Waals surface area contributed by atoms with Crippen molar-refractivity contribution < 1.29 is 29.3 Å². The van der Waals surface area contributed by atoms with Crippen LogP contribution in [-0.4, -0.2) is 86.6 Å². The van der Waals surface area contributed by atoms with E-state index in [0.717, 1.165) is 12.8 Å². The van der Waals surface area contributed by atoms with E-state index in [1.54, 1.807) is 11.0 Å². The summed E-state index contributed by atoms with van der Waals surface area (Å²) in [6, 6.07) is -0.0278. The Bertz CT molecular complexity index is 656. The predicted octanol–water partition coefficient (Wildman–Crippen LogP) is -0.346. The number of aromatic nitrogens is 3. The lowest BCUT2D eigenvalue weighted by Gasteiger charge is -2.45. The van der Waals surface area contributed by atoms with Gasteiger partial charge in [0.05, 0.1) is 18.8 Å². The third-order valence-electron chi connectivity index (χ3n) is 5.39. The second-order valence-corrected chi connectivity index (χ2v) is 7.31. The molecule has 0 spiro atoms. The van der Waals surface area contributed by atoms with E-state index in [2.05, 4.69) is 15.4 Å². The van der Waals surface area contributed by atoms with E-state index in [-0.39, 0.29) is 43.0 Å². The summed E-state index contributed by atoms with van der Waals surface area (Å²) in [5.41, 5.74) is 0. The molecule has 11 heteroatoms. The number of carbonyl (C=O) groups is 3. The molecule has 2 amide bonds. The molecule has 3 N–H and O–H groups in total. The number of rotatable bonds is 8. The van der Waals surface area contributed by atoms with E-state index in [1.807, 2.05) is 4.90 Å². The quantitative estimate of drug-likeness (QED) is 0.378. The molecule has 1 aliphatic heterocycles. The third-order valence-corrected chi connectivity index (χ3v) is 5.39. The van der Waals surface area contributed by atoms with Crippen LogP contribution >= 0.6 is 0 Å². The number of hydrogen-bond donors (Lipinski definition) is 3. The van der Waals surface area contributed by atoms with Gasteiger partial charge in [0.2, 0.25) is 11.8 Å². The largest absolute Gasteiger partial charge is 0.483 e. The van der Waals surface area contributed by atoms with E-state index in [9.17, 15) is 9.59 Å². The predicted molar refractivity (Wildman–Crippen MR) is 105 cm³/mol. The number of nitrogens with zero attached hydrogens (tertiary/aromatic N) is 4. The smallest absolute Gasteiger partial charge is 0.290 e.